The van der Waals surface area contributed by atoms with Crippen molar-refractivity contribution in [2.45, 2.75) is 30.6 Å². The summed E-state index contributed by atoms with van der Waals surface area (Å²) in [5.41, 5.74) is 2.61. The van der Waals surface area contributed by atoms with Gasteiger partial charge in [-0.3, -0.25) is 0 Å². The number of phenolic OH excluding ortho intramolecular Hbond substituents is 2. The number of hydrogen-bond acceptors (Lipinski definition) is 3. The van der Waals surface area contributed by atoms with Crippen molar-refractivity contribution in [2.24, 2.45) is 0 Å². The van der Waals surface area contributed by atoms with Gasteiger partial charge in [-0.15, -0.1) is 0 Å². The van der Waals surface area contributed by atoms with Crippen LogP contribution in [0.15, 0.2) is 40.1 Å². The zero-order valence-corrected chi connectivity index (χ0v) is 11.5. The van der Waals surface area contributed by atoms with Gasteiger partial charge < -0.3 is 10.2 Å². The van der Waals surface area contributed by atoms with Crippen molar-refractivity contribution in [3.05, 3.63) is 47.0 Å². The van der Waals surface area contributed by atoms with E-state index in [0.717, 1.165) is 10.5 Å². The van der Waals surface area contributed by atoms with Gasteiger partial charge in [-0.05, 0) is 44.5 Å². The van der Waals surface area contributed by atoms with Crippen LogP contribution in [0.1, 0.15) is 16.7 Å². The van der Waals surface area contributed by atoms with E-state index >= 15 is 0 Å². The molecular formula is C15H16O2S. The molecule has 2 aromatic rings. The number of rotatable bonds is 2. The molecule has 0 saturated heterocycles. The average molecular weight is 260 g/mol. The maximum absolute atomic E-state index is 9.98. The molecule has 0 aliphatic carbocycles. The number of hydrogen-bond donors (Lipinski definition) is 2. The third-order valence-corrected chi connectivity index (χ3v) is 4.12. The van der Waals surface area contributed by atoms with E-state index in [1.807, 2.05) is 38.1 Å². The van der Waals surface area contributed by atoms with Gasteiger partial charge in [0.15, 0.2) is 0 Å². The van der Waals surface area contributed by atoms with Crippen LogP contribution in [-0.2, 0) is 0 Å². The lowest BCUT2D eigenvalue weighted by Gasteiger charge is -2.12. The van der Waals surface area contributed by atoms with Crippen molar-refractivity contribution >= 4 is 11.8 Å². The normalized spacial score (nSPS) is 10.6. The van der Waals surface area contributed by atoms with E-state index in [4.69, 9.17) is 0 Å². The van der Waals surface area contributed by atoms with E-state index in [1.165, 1.54) is 17.3 Å². The van der Waals surface area contributed by atoms with Crippen molar-refractivity contribution in [3.8, 4) is 11.5 Å². The SMILES string of the molecule is Cc1ccc(Sc2c(O)cc(C)c(O)c2C)cc1. The second-order valence-electron chi connectivity index (χ2n) is 4.43. The number of aryl methyl sites for hydroxylation is 2. The Morgan fingerprint density at radius 1 is 0.944 bits per heavy atom. The fourth-order valence-corrected chi connectivity index (χ4v) is 2.71. The van der Waals surface area contributed by atoms with Crippen LogP contribution in [0.2, 0.25) is 0 Å². The standard InChI is InChI=1S/C15H16O2S/c1-9-4-6-12(7-5-9)18-15-11(3)14(17)10(2)8-13(15)16/h4-8,16-17H,1-3H3. The van der Waals surface area contributed by atoms with Crippen molar-refractivity contribution in [1.82, 2.24) is 0 Å². The molecule has 0 aliphatic rings. The summed E-state index contributed by atoms with van der Waals surface area (Å²) in [6.45, 7) is 5.63. The smallest absolute Gasteiger partial charge is 0.130 e. The van der Waals surface area contributed by atoms with Crippen molar-refractivity contribution in [3.63, 3.8) is 0 Å². The molecule has 94 valence electrons. The van der Waals surface area contributed by atoms with Gasteiger partial charge in [0, 0.05) is 10.5 Å². The summed E-state index contributed by atoms with van der Waals surface area (Å²) in [5, 5.41) is 19.9. The van der Waals surface area contributed by atoms with Crippen LogP contribution in [0, 0.1) is 20.8 Å². The monoisotopic (exact) mass is 260 g/mol. The first-order chi connectivity index (χ1) is 8.49. The molecule has 2 rings (SSSR count). The van der Waals surface area contributed by atoms with Crippen LogP contribution in [0.3, 0.4) is 0 Å². The quantitative estimate of drug-likeness (QED) is 0.796. The summed E-state index contributed by atoms with van der Waals surface area (Å²) < 4.78 is 0. The largest absolute Gasteiger partial charge is 0.507 e. The second kappa shape index (κ2) is 4.94. The lowest BCUT2D eigenvalue weighted by atomic mass is 10.1. The Balaban J connectivity index is 2.40. The predicted molar refractivity (Wildman–Crippen MR) is 74.5 cm³/mol. The first-order valence-electron chi connectivity index (χ1n) is 5.75. The maximum Gasteiger partial charge on any atom is 0.130 e. The highest BCUT2D eigenvalue weighted by Gasteiger charge is 2.13. The Morgan fingerprint density at radius 3 is 2.17 bits per heavy atom. The first-order valence-corrected chi connectivity index (χ1v) is 6.57. The fourth-order valence-electron chi connectivity index (χ4n) is 1.79. The van der Waals surface area contributed by atoms with Crippen molar-refractivity contribution in [2.75, 3.05) is 0 Å². The minimum Gasteiger partial charge on any atom is -0.507 e. The average Bonchev–Trinajstić information content (AvgIpc) is 2.34. The molecule has 0 bridgehead atoms. The summed E-state index contributed by atoms with van der Waals surface area (Å²) in [4.78, 5) is 1.75. The van der Waals surface area contributed by atoms with E-state index < -0.39 is 0 Å². The van der Waals surface area contributed by atoms with E-state index in [9.17, 15) is 10.2 Å². The molecule has 2 nitrogen and oxygen atoms in total. The molecule has 0 unspecified atom stereocenters. The summed E-state index contributed by atoms with van der Waals surface area (Å²) in [7, 11) is 0. The fraction of sp³-hybridized carbons (Fsp3) is 0.200. The highest BCUT2D eigenvalue weighted by atomic mass is 32.2. The zero-order valence-electron chi connectivity index (χ0n) is 10.7. The van der Waals surface area contributed by atoms with Gasteiger partial charge in [-0.1, -0.05) is 29.5 Å². The number of aromatic hydroxyl groups is 2. The van der Waals surface area contributed by atoms with Gasteiger partial charge in [0.05, 0.1) is 4.90 Å². The molecule has 0 atom stereocenters. The predicted octanol–water partition coefficient (Wildman–Crippen LogP) is 4.17. The van der Waals surface area contributed by atoms with Gasteiger partial charge >= 0.3 is 0 Å². The Hall–Kier alpha value is -1.61. The molecule has 0 fully saturated rings. The molecule has 0 heterocycles. The molecule has 3 heteroatoms. The van der Waals surface area contributed by atoms with Gasteiger partial charge in [0.2, 0.25) is 0 Å². The van der Waals surface area contributed by atoms with Crippen LogP contribution >= 0.6 is 11.8 Å². The summed E-state index contributed by atoms with van der Waals surface area (Å²) >= 11 is 1.46. The van der Waals surface area contributed by atoms with Crippen molar-refractivity contribution in [1.29, 1.82) is 0 Å². The van der Waals surface area contributed by atoms with Crippen LogP contribution < -0.4 is 0 Å². The minimum absolute atomic E-state index is 0.216. The zero-order chi connectivity index (χ0) is 13.3. The lowest BCUT2D eigenvalue weighted by Crippen LogP contribution is -1.86. The molecule has 0 amide bonds. The second-order valence-corrected chi connectivity index (χ2v) is 5.51. The maximum atomic E-state index is 9.98. The first kappa shape index (κ1) is 12.8. The third-order valence-electron chi connectivity index (χ3n) is 2.90. The minimum atomic E-state index is 0.216. The van der Waals surface area contributed by atoms with E-state index in [1.54, 1.807) is 13.0 Å². The van der Waals surface area contributed by atoms with E-state index in [-0.39, 0.29) is 11.5 Å². The lowest BCUT2D eigenvalue weighted by molar-refractivity contribution is 0.441. The van der Waals surface area contributed by atoms with Crippen LogP contribution in [-0.4, -0.2) is 10.2 Å². The Kier molecular flexibility index (Phi) is 3.53. The molecular weight excluding hydrogens is 244 g/mol. The topological polar surface area (TPSA) is 40.5 Å². The van der Waals surface area contributed by atoms with E-state index in [0.29, 0.717) is 10.5 Å². The molecule has 18 heavy (non-hydrogen) atoms. The van der Waals surface area contributed by atoms with Crippen LogP contribution in [0.5, 0.6) is 11.5 Å². The van der Waals surface area contributed by atoms with Gasteiger partial charge in [-0.25, -0.2) is 0 Å². The van der Waals surface area contributed by atoms with Crippen LogP contribution in [0.25, 0.3) is 0 Å². The Labute approximate surface area is 111 Å². The summed E-state index contributed by atoms with van der Waals surface area (Å²) in [5.74, 6) is 0.468. The van der Waals surface area contributed by atoms with E-state index in [2.05, 4.69) is 0 Å². The highest BCUT2D eigenvalue weighted by Crippen LogP contribution is 2.41. The Bertz CT molecular complexity index is 574. The number of benzene rings is 2. The summed E-state index contributed by atoms with van der Waals surface area (Å²) in [6, 6.07) is 9.68. The molecule has 2 N–H and O–H groups in total. The van der Waals surface area contributed by atoms with Gasteiger partial charge in [0.25, 0.3) is 0 Å². The molecule has 2 aromatic carbocycles. The highest BCUT2D eigenvalue weighted by molar-refractivity contribution is 7.99. The molecule has 0 saturated carbocycles. The Morgan fingerprint density at radius 2 is 1.56 bits per heavy atom. The van der Waals surface area contributed by atoms with Crippen LogP contribution in [0.4, 0.5) is 0 Å². The molecule has 0 spiro atoms. The molecule has 0 aliphatic heterocycles. The van der Waals surface area contributed by atoms with Gasteiger partial charge in [-0.2, -0.15) is 0 Å². The summed E-state index contributed by atoms with van der Waals surface area (Å²) in [6.07, 6.45) is 0. The third kappa shape index (κ3) is 2.46. The number of phenols is 2. The van der Waals surface area contributed by atoms with Gasteiger partial charge in [0.1, 0.15) is 11.5 Å². The molecule has 0 radical (unpaired) electrons. The molecule has 0 aromatic heterocycles. The van der Waals surface area contributed by atoms with Crippen molar-refractivity contribution < 1.29 is 10.2 Å².